The lowest BCUT2D eigenvalue weighted by atomic mass is 10.1. The molecule has 1 N–H and O–H groups in total. The summed E-state index contributed by atoms with van der Waals surface area (Å²) in [5.41, 5.74) is 3.27. The quantitative estimate of drug-likeness (QED) is 0.695. The first kappa shape index (κ1) is 14.4. The third-order valence-electron chi connectivity index (χ3n) is 3.89. The fourth-order valence-electron chi connectivity index (χ4n) is 2.69. The number of H-pyrrole nitrogens is 1. The molecule has 3 rings (SSSR count). The minimum atomic E-state index is 0.0707. The Kier molecular flexibility index (Phi) is 4.44. The van der Waals surface area contributed by atoms with Gasteiger partial charge >= 0.3 is 0 Å². The molecule has 0 amide bonds. The Morgan fingerprint density at radius 2 is 1.90 bits per heavy atom. The molecule has 1 aliphatic carbocycles. The van der Waals surface area contributed by atoms with Gasteiger partial charge in [-0.05, 0) is 44.7 Å². The molecular weight excluding hydrogens is 280 g/mol. The molecule has 0 fully saturated rings. The van der Waals surface area contributed by atoms with Crippen LogP contribution in [-0.4, -0.2) is 9.97 Å². The van der Waals surface area contributed by atoms with Crippen LogP contribution in [0.25, 0.3) is 0 Å². The van der Waals surface area contributed by atoms with Crippen LogP contribution >= 0.6 is 11.8 Å². The van der Waals surface area contributed by atoms with Crippen LogP contribution in [0.15, 0.2) is 34.0 Å². The molecule has 1 heterocycles. The van der Waals surface area contributed by atoms with Crippen LogP contribution in [0.4, 0.5) is 0 Å². The summed E-state index contributed by atoms with van der Waals surface area (Å²) in [6, 6.07) is 8.44. The Hall–Kier alpha value is -1.55. The molecule has 2 aromatic rings. The number of aromatic nitrogens is 2. The predicted octanol–water partition coefficient (Wildman–Crippen LogP) is 3.64. The second kappa shape index (κ2) is 6.48. The lowest BCUT2D eigenvalue weighted by molar-refractivity contribution is 0.708. The van der Waals surface area contributed by atoms with Crippen molar-refractivity contribution in [1.82, 2.24) is 9.97 Å². The molecule has 0 spiro atoms. The minimum absolute atomic E-state index is 0.0707. The van der Waals surface area contributed by atoms with Gasteiger partial charge in [-0.3, -0.25) is 4.79 Å². The molecule has 110 valence electrons. The zero-order chi connectivity index (χ0) is 14.7. The zero-order valence-electron chi connectivity index (χ0n) is 12.3. The number of hydrogen-bond donors (Lipinski definition) is 1. The van der Waals surface area contributed by atoms with E-state index in [1.807, 2.05) is 0 Å². The van der Waals surface area contributed by atoms with Gasteiger partial charge in [0.05, 0.1) is 11.4 Å². The summed E-state index contributed by atoms with van der Waals surface area (Å²) in [6.45, 7) is 2.08. The summed E-state index contributed by atoms with van der Waals surface area (Å²) in [4.78, 5) is 21.0. The van der Waals surface area contributed by atoms with Crippen molar-refractivity contribution in [1.29, 1.82) is 0 Å². The first-order valence-corrected chi connectivity index (χ1v) is 8.51. The monoisotopic (exact) mass is 300 g/mol. The predicted molar refractivity (Wildman–Crippen MR) is 86.9 cm³/mol. The van der Waals surface area contributed by atoms with Crippen molar-refractivity contribution in [3.63, 3.8) is 0 Å². The number of nitrogens with one attached hydrogen (secondary N) is 1. The molecular formula is C17H20N2OS. The second-order valence-electron chi connectivity index (χ2n) is 5.60. The van der Waals surface area contributed by atoms with Crippen LogP contribution in [0.2, 0.25) is 0 Å². The van der Waals surface area contributed by atoms with E-state index < -0.39 is 0 Å². The van der Waals surface area contributed by atoms with Crippen molar-refractivity contribution in [2.24, 2.45) is 0 Å². The van der Waals surface area contributed by atoms with Gasteiger partial charge in [-0.25, -0.2) is 4.98 Å². The van der Waals surface area contributed by atoms with E-state index >= 15 is 0 Å². The highest BCUT2D eigenvalue weighted by Gasteiger charge is 2.14. The maximum absolute atomic E-state index is 12.2. The lowest BCUT2D eigenvalue weighted by Gasteiger charge is -2.07. The van der Waals surface area contributed by atoms with Crippen LogP contribution in [0.3, 0.4) is 0 Å². The average molecular weight is 300 g/mol. The molecule has 0 atom stereocenters. The largest absolute Gasteiger partial charge is 0.310 e. The van der Waals surface area contributed by atoms with Gasteiger partial charge in [0.1, 0.15) is 5.82 Å². The van der Waals surface area contributed by atoms with Crippen molar-refractivity contribution >= 4 is 11.8 Å². The summed E-state index contributed by atoms with van der Waals surface area (Å²) >= 11 is 1.71. The fraction of sp³-hybridized carbons (Fsp3) is 0.412. The molecule has 3 nitrogen and oxygen atoms in total. The smallest absolute Gasteiger partial charge is 0.254 e. The summed E-state index contributed by atoms with van der Waals surface area (Å²) in [6.07, 6.45) is 5.27. The first-order chi connectivity index (χ1) is 10.2. The van der Waals surface area contributed by atoms with Gasteiger partial charge in [0.15, 0.2) is 0 Å². The molecule has 0 radical (unpaired) electrons. The topological polar surface area (TPSA) is 45.8 Å². The molecule has 1 aromatic carbocycles. The van der Waals surface area contributed by atoms with Crippen molar-refractivity contribution in [3.05, 3.63) is 57.3 Å². The van der Waals surface area contributed by atoms with E-state index in [1.165, 1.54) is 16.9 Å². The van der Waals surface area contributed by atoms with Crippen LogP contribution in [0.5, 0.6) is 0 Å². The number of benzene rings is 1. The van der Waals surface area contributed by atoms with E-state index in [1.54, 1.807) is 11.8 Å². The maximum Gasteiger partial charge on any atom is 0.254 e. The molecule has 1 aliphatic rings. The summed E-state index contributed by atoms with van der Waals surface area (Å²) in [5.74, 6) is 1.51. The van der Waals surface area contributed by atoms with Gasteiger partial charge in [-0.1, -0.05) is 24.1 Å². The van der Waals surface area contributed by atoms with Crippen LogP contribution in [0.1, 0.15) is 41.9 Å². The average Bonchev–Trinajstić information content (AvgIpc) is 2.72. The summed E-state index contributed by atoms with van der Waals surface area (Å²) < 4.78 is 0. The molecule has 0 saturated carbocycles. The van der Waals surface area contributed by atoms with E-state index in [-0.39, 0.29) is 5.56 Å². The number of rotatable bonds is 3. The molecule has 0 bridgehead atoms. The maximum atomic E-state index is 12.2. The van der Waals surface area contributed by atoms with Gasteiger partial charge in [0.25, 0.3) is 5.56 Å². The van der Waals surface area contributed by atoms with Crippen molar-refractivity contribution in [2.45, 2.75) is 49.7 Å². The van der Waals surface area contributed by atoms with Gasteiger partial charge in [-0.2, -0.15) is 0 Å². The molecule has 0 unspecified atom stereocenters. The third-order valence-corrected chi connectivity index (χ3v) is 4.91. The van der Waals surface area contributed by atoms with Gasteiger partial charge < -0.3 is 4.98 Å². The number of thioether (sulfide) groups is 1. The van der Waals surface area contributed by atoms with Crippen LogP contribution < -0.4 is 5.56 Å². The number of aromatic amines is 1. The van der Waals surface area contributed by atoms with E-state index in [9.17, 15) is 4.79 Å². The summed E-state index contributed by atoms with van der Waals surface area (Å²) in [7, 11) is 0. The van der Waals surface area contributed by atoms with Crippen molar-refractivity contribution < 1.29 is 0 Å². The second-order valence-corrected chi connectivity index (χ2v) is 6.65. The Morgan fingerprint density at radius 1 is 1.14 bits per heavy atom. The SMILES string of the molecule is Cc1ccc(SCc2nc3c(c(=O)[nH]2)CCCCC3)cc1. The Labute approximate surface area is 129 Å². The highest BCUT2D eigenvalue weighted by Crippen LogP contribution is 2.22. The number of fused-ring (bicyclic) bond motifs is 1. The van der Waals surface area contributed by atoms with Gasteiger partial charge in [0.2, 0.25) is 0 Å². The Bertz CT molecular complexity index is 676. The highest BCUT2D eigenvalue weighted by molar-refractivity contribution is 7.98. The number of nitrogens with zero attached hydrogens (tertiary/aromatic N) is 1. The molecule has 0 saturated heterocycles. The summed E-state index contributed by atoms with van der Waals surface area (Å²) in [5, 5.41) is 0. The first-order valence-electron chi connectivity index (χ1n) is 7.53. The third kappa shape index (κ3) is 3.56. The highest BCUT2D eigenvalue weighted by atomic mass is 32.2. The lowest BCUT2D eigenvalue weighted by Crippen LogP contribution is -2.19. The Balaban J connectivity index is 1.77. The number of hydrogen-bond acceptors (Lipinski definition) is 3. The number of aryl methyl sites for hydroxylation is 2. The minimum Gasteiger partial charge on any atom is -0.310 e. The molecule has 4 heteroatoms. The zero-order valence-corrected chi connectivity index (χ0v) is 13.1. The van der Waals surface area contributed by atoms with Crippen LogP contribution in [-0.2, 0) is 18.6 Å². The van der Waals surface area contributed by atoms with E-state index in [0.29, 0.717) is 5.75 Å². The fourth-order valence-corrected chi connectivity index (χ4v) is 3.45. The van der Waals surface area contributed by atoms with E-state index in [4.69, 9.17) is 4.98 Å². The van der Waals surface area contributed by atoms with Crippen molar-refractivity contribution in [2.75, 3.05) is 0 Å². The van der Waals surface area contributed by atoms with E-state index in [0.717, 1.165) is 42.8 Å². The van der Waals surface area contributed by atoms with Gasteiger partial charge in [0, 0.05) is 10.5 Å². The normalized spacial score (nSPS) is 14.5. The molecule has 0 aliphatic heterocycles. The van der Waals surface area contributed by atoms with Crippen LogP contribution in [0, 0.1) is 6.92 Å². The Morgan fingerprint density at radius 3 is 2.71 bits per heavy atom. The molecule has 1 aromatic heterocycles. The standard InChI is InChI=1S/C17H20N2OS/c1-12-7-9-13(10-8-12)21-11-16-18-15-6-4-2-3-5-14(15)17(20)19-16/h7-10H,2-6,11H2,1H3,(H,18,19,20). The van der Waals surface area contributed by atoms with Gasteiger partial charge in [-0.15, -0.1) is 11.8 Å². The molecule has 21 heavy (non-hydrogen) atoms. The van der Waals surface area contributed by atoms with Crippen molar-refractivity contribution in [3.8, 4) is 0 Å². The van der Waals surface area contributed by atoms with E-state index in [2.05, 4.69) is 36.2 Å².